The van der Waals surface area contributed by atoms with Gasteiger partial charge >= 0.3 is 0 Å². The Morgan fingerprint density at radius 2 is 1.28 bits per heavy atom. The van der Waals surface area contributed by atoms with Crippen LogP contribution in [0.2, 0.25) is 0 Å². The maximum absolute atomic E-state index is 6.38. The lowest BCUT2D eigenvalue weighted by Crippen LogP contribution is -2.09. The SMILES string of the molecule is CC(C)c1cccc2c1oc1cccc(N(c3ccccc3)c3ccccc3)c12. The number of anilines is 3. The first-order valence-electron chi connectivity index (χ1n) is 10.1. The number of nitrogens with zero attached hydrogens (tertiary/aromatic N) is 1. The van der Waals surface area contributed by atoms with E-state index in [9.17, 15) is 0 Å². The van der Waals surface area contributed by atoms with Crippen molar-refractivity contribution in [3.05, 3.63) is 103 Å². The van der Waals surface area contributed by atoms with Gasteiger partial charge in [0, 0.05) is 16.8 Å². The van der Waals surface area contributed by atoms with Gasteiger partial charge in [-0.05, 0) is 47.9 Å². The van der Waals surface area contributed by atoms with E-state index >= 15 is 0 Å². The lowest BCUT2D eigenvalue weighted by molar-refractivity contribution is 0.657. The third-order valence-electron chi connectivity index (χ3n) is 5.42. The van der Waals surface area contributed by atoms with Crippen molar-refractivity contribution < 1.29 is 4.42 Å². The van der Waals surface area contributed by atoms with Crippen molar-refractivity contribution in [2.75, 3.05) is 4.90 Å². The van der Waals surface area contributed by atoms with Gasteiger partial charge in [-0.3, -0.25) is 0 Å². The summed E-state index contributed by atoms with van der Waals surface area (Å²) in [5, 5.41) is 2.32. The van der Waals surface area contributed by atoms with Crippen LogP contribution in [0.5, 0.6) is 0 Å². The summed E-state index contributed by atoms with van der Waals surface area (Å²) in [5.41, 5.74) is 6.53. The second kappa shape index (κ2) is 7.14. The maximum atomic E-state index is 6.38. The molecule has 0 N–H and O–H groups in total. The van der Waals surface area contributed by atoms with Crippen molar-refractivity contribution in [3.63, 3.8) is 0 Å². The fourth-order valence-corrected chi connectivity index (χ4v) is 4.07. The Morgan fingerprint density at radius 3 is 1.90 bits per heavy atom. The van der Waals surface area contributed by atoms with E-state index in [0.29, 0.717) is 5.92 Å². The fraction of sp³-hybridized carbons (Fsp3) is 0.111. The van der Waals surface area contributed by atoms with E-state index in [2.05, 4.69) is 116 Å². The molecule has 2 nitrogen and oxygen atoms in total. The van der Waals surface area contributed by atoms with Gasteiger partial charge in [0.25, 0.3) is 0 Å². The van der Waals surface area contributed by atoms with Gasteiger partial charge in [-0.15, -0.1) is 0 Å². The summed E-state index contributed by atoms with van der Waals surface area (Å²) in [6, 6.07) is 33.8. The highest BCUT2D eigenvalue weighted by Crippen LogP contribution is 2.43. The average molecular weight is 377 g/mol. The Morgan fingerprint density at radius 1 is 0.655 bits per heavy atom. The van der Waals surface area contributed by atoms with E-state index in [4.69, 9.17) is 4.42 Å². The number of furan rings is 1. The second-order valence-electron chi connectivity index (χ2n) is 7.64. The third-order valence-corrected chi connectivity index (χ3v) is 5.42. The van der Waals surface area contributed by atoms with Crippen LogP contribution in [-0.2, 0) is 0 Å². The van der Waals surface area contributed by atoms with Crippen LogP contribution in [-0.4, -0.2) is 0 Å². The summed E-state index contributed by atoms with van der Waals surface area (Å²) in [7, 11) is 0. The van der Waals surface area contributed by atoms with Crippen molar-refractivity contribution >= 4 is 39.0 Å². The molecular formula is C27H23NO. The van der Waals surface area contributed by atoms with Gasteiger partial charge in [0.05, 0.1) is 11.1 Å². The van der Waals surface area contributed by atoms with Crippen LogP contribution in [0.1, 0.15) is 25.3 Å². The summed E-state index contributed by atoms with van der Waals surface area (Å²) in [6.07, 6.45) is 0. The Kier molecular flexibility index (Phi) is 4.33. The molecular weight excluding hydrogens is 354 g/mol. The van der Waals surface area contributed by atoms with Crippen LogP contribution in [0.4, 0.5) is 17.1 Å². The van der Waals surface area contributed by atoms with E-state index in [-0.39, 0.29) is 0 Å². The molecule has 0 amide bonds. The molecule has 29 heavy (non-hydrogen) atoms. The van der Waals surface area contributed by atoms with E-state index in [1.165, 1.54) is 10.9 Å². The summed E-state index contributed by atoms with van der Waals surface area (Å²) >= 11 is 0. The topological polar surface area (TPSA) is 16.4 Å². The summed E-state index contributed by atoms with van der Waals surface area (Å²) in [4.78, 5) is 2.30. The van der Waals surface area contributed by atoms with E-state index < -0.39 is 0 Å². The van der Waals surface area contributed by atoms with Gasteiger partial charge < -0.3 is 9.32 Å². The number of benzene rings is 4. The first-order valence-corrected chi connectivity index (χ1v) is 10.1. The van der Waals surface area contributed by atoms with Gasteiger partial charge in [-0.2, -0.15) is 0 Å². The van der Waals surface area contributed by atoms with E-state index in [1.54, 1.807) is 0 Å². The minimum Gasteiger partial charge on any atom is -0.456 e. The van der Waals surface area contributed by atoms with Crippen molar-refractivity contribution in [3.8, 4) is 0 Å². The van der Waals surface area contributed by atoms with Crippen LogP contribution in [0.25, 0.3) is 21.9 Å². The maximum Gasteiger partial charge on any atom is 0.138 e. The fourth-order valence-electron chi connectivity index (χ4n) is 4.07. The van der Waals surface area contributed by atoms with E-state index in [0.717, 1.165) is 33.6 Å². The molecule has 0 bridgehead atoms. The molecule has 4 aromatic carbocycles. The van der Waals surface area contributed by atoms with Gasteiger partial charge in [0.1, 0.15) is 11.2 Å². The molecule has 0 saturated carbocycles. The molecule has 1 heterocycles. The van der Waals surface area contributed by atoms with Crippen LogP contribution in [0.3, 0.4) is 0 Å². The highest BCUT2D eigenvalue weighted by molar-refractivity contribution is 6.14. The van der Waals surface area contributed by atoms with Crippen LogP contribution in [0.15, 0.2) is 101 Å². The molecule has 0 radical (unpaired) electrons. The summed E-state index contributed by atoms with van der Waals surface area (Å²) in [5.74, 6) is 0.405. The van der Waals surface area contributed by atoms with Crippen molar-refractivity contribution in [1.82, 2.24) is 0 Å². The molecule has 0 aliphatic heterocycles. The number of hydrogen-bond donors (Lipinski definition) is 0. The molecule has 0 aliphatic carbocycles. The Labute approximate surface area is 171 Å². The lowest BCUT2D eigenvalue weighted by Gasteiger charge is -2.26. The molecule has 1 aromatic heterocycles. The minimum atomic E-state index is 0.405. The lowest BCUT2D eigenvalue weighted by atomic mass is 9.99. The highest BCUT2D eigenvalue weighted by atomic mass is 16.3. The molecule has 0 aliphatic rings. The molecule has 2 heteroatoms. The minimum absolute atomic E-state index is 0.405. The zero-order chi connectivity index (χ0) is 19.8. The standard InChI is InChI=1S/C27H23NO/c1-19(2)22-15-9-16-23-26-24(17-10-18-25(26)29-27(22)23)28(20-11-5-3-6-12-20)21-13-7-4-8-14-21/h3-19H,1-2H3. The van der Waals surface area contributed by atoms with Crippen LogP contribution >= 0.6 is 0 Å². The first kappa shape index (κ1) is 17.6. The number of para-hydroxylation sites is 3. The van der Waals surface area contributed by atoms with Crippen molar-refractivity contribution in [2.24, 2.45) is 0 Å². The van der Waals surface area contributed by atoms with Crippen molar-refractivity contribution in [1.29, 1.82) is 0 Å². The first-order chi connectivity index (χ1) is 14.2. The zero-order valence-electron chi connectivity index (χ0n) is 16.7. The third kappa shape index (κ3) is 2.98. The van der Waals surface area contributed by atoms with Gasteiger partial charge in [0.2, 0.25) is 0 Å². The van der Waals surface area contributed by atoms with Crippen LogP contribution in [0, 0.1) is 0 Å². The Balaban J connectivity index is 1.85. The Bertz CT molecular complexity index is 1230. The molecule has 0 fully saturated rings. The van der Waals surface area contributed by atoms with Crippen molar-refractivity contribution in [2.45, 2.75) is 19.8 Å². The van der Waals surface area contributed by atoms with Crippen LogP contribution < -0.4 is 4.90 Å². The van der Waals surface area contributed by atoms with Gasteiger partial charge in [-0.1, -0.05) is 74.5 Å². The molecule has 0 unspecified atom stereocenters. The monoisotopic (exact) mass is 377 g/mol. The number of rotatable bonds is 4. The van der Waals surface area contributed by atoms with Gasteiger partial charge in [-0.25, -0.2) is 0 Å². The normalized spacial score (nSPS) is 11.4. The molecule has 0 saturated heterocycles. The number of hydrogen-bond acceptors (Lipinski definition) is 2. The smallest absolute Gasteiger partial charge is 0.138 e. The van der Waals surface area contributed by atoms with Gasteiger partial charge in [0.15, 0.2) is 0 Å². The molecule has 0 spiro atoms. The van der Waals surface area contributed by atoms with E-state index in [1.807, 2.05) is 0 Å². The molecule has 0 atom stereocenters. The average Bonchev–Trinajstić information content (AvgIpc) is 3.15. The molecule has 5 rings (SSSR count). The number of fused-ring (bicyclic) bond motifs is 3. The molecule has 142 valence electrons. The predicted molar refractivity (Wildman–Crippen MR) is 122 cm³/mol. The quantitative estimate of drug-likeness (QED) is 0.314. The summed E-state index contributed by atoms with van der Waals surface area (Å²) in [6.45, 7) is 4.42. The highest BCUT2D eigenvalue weighted by Gasteiger charge is 2.20. The molecule has 5 aromatic rings. The largest absolute Gasteiger partial charge is 0.456 e. The second-order valence-corrected chi connectivity index (χ2v) is 7.64. The zero-order valence-corrected chi connectivity index (χ0v) is 16.7. The Hall–Kier alpha value is -3.52. The summed E-state index contributed by atoms with van der Waals surface area (Å²) < 4.78 is 6.38. The predicted octanol–water partition coefficient (Wildman–Crippen LogP) is 8.18.